The molecule has 0 saturated carbocycles. The summed E-state index contributed by atoms with van der Waals surface area (Å²) in [5.41, 5.74) is 1.79. The Morgan fingerprint density at radius 3 is 2.51 bits per heavy atom. The Morgan fingerprint density at radius 1 is 1.05 bits per heavy atom. The molecular weight excluding hydrogens is 547 g/mol. The van der Waals surface area contributed by atoms with Crippen LogP contribution in [0.1, 0.15) is 10.5 Å². The number of nitrogens with one attached hydrogen (secondary N) is 2. The number of amides is 1. The first kappa shape index (κ1) is 26.1. The lowest BCUT2D eigenvalue weighted by Gasteiger charge is -2.11. The fourth-order valence-corrected chi connectivity index (χ4v) is 5.04. The number of pyridine rings is 1. The van der Waals surface area contributed by atoms with Gasteiger partial charge in [-0.15, -0.1) is 0 Å². The van der Waals surface area contributed by atoms with Crippen LogP contribution in [0.4, 0.5) is 21.6 Å². The highest BCUT2D eigenvalue weighted by atomic mass is 35.5. The van der Waals surface area contributed by atoms with Crippen molar-refractivity contribution in [1.82, 2.24) is 24.5 Å². The lowest BCUT2D eigenvalue weighted by Crippen LogP contribution is -2.16. The molecule has 0 saturated heterocycles. The maximum absolute atomic E-state index is 13.4. The van der Waals surface area contributed by atoms with Crippen LogP contribution in [0.25, 0.3) is 16.6 Å². The van der Waals surface area contributed by atoms with Crippen LogP contribution in [0.5, 0.6) is 0 Å². The number of aromatic nitrogens is 5. The standard InChI is InChI=1S/C25H22ClFN8O3S/c1-33(2)23-9-6-17(12-28-23)35-14-18(13-29-35)39(37,38)32-16-4-7-19-22(11-16)31-34(3)24(19)25(36)30-15-5-8-21(27)20(26)10-15/h4-14,32H,1-3H3,(H,30,36). The van der Waals surface area contributed by atoms with Gasteiger partial charge in [0.15, 0.2) is 0 Å². The van der Waals surface area contributed by atoms with E-state index in [1.54, 1.807) is 31.4 Å². The van der Waals surface area contributed by atoms with Crippen LogP contribution in [0.15, 0.2) is 72.0 Å². The molecule has 0 aliphatic heterocycles. The van der Waals surface area contributed by atoms with Crippen molar-refractivity contribution >= 4 is 55.6 Å². The Labute approximate surface area is 227 Å². The van der Waals surface area contributed by atoms with Crippen LogP contribution in [0.3, 0.4) is 0 Å². The van der Waals surface area contributed by atoms with E-state index in [0.717, 1.165) is 11.9 Å². The van der Waals surface area contributed by atoms with Gasteiger partial charge in [0, 0.05) is 32.2 Å². The summed E-state index contributed by atoms with van der Waals surface area (Å²) in [7, 11) is 1.35. The monoisotopic (exact) mass is 568 g/mol. The SMILES string of the molecule is CN(C)c1ccc(-n2cc(S(=O)(=O)Nc3ccc4c(C(=O)Nc5ccc(F)c(Cl)c5)n(C)nc4c3)cn2)cn1. The number of hydrogen-bond acceptors (Lipinski definition) is 7. The average Bonchev–Trinajstić information content (AvgIpc) is 3.51. The van der Waals surface area contributed by atoms with E-state index in [0.29, 0.717) is 22.3 Å². The molecule has 39 heavy (non-hydrogen) atoms. The summed E-state index contributed by atoms with van der Waals surface area (Å²) in [6, 6.07) is 12.1. The average molecular weight is 569 g/mol. The maximum atomic E-state index is 13.4. The van der Waals surface area contributed by atoms with E-state index in [9.17, 15) is 17.6 Å². The Morgan fingerprint density at radius 2 is 1.82 bits per heavy atom. The Balaban J connectivity index is 1.36. The van der Waals surface area contributed by atoms with Gasteiger partial charge in [0.25, 0.3) is 15.9 Å². The molecular formula is C25H22ClFN8O3S. The number of nitrogens with zero attached hydrogens (tertiary/aromatic N) is 6. The minimum absolute atomic E-state index is 0.0432. The fourth-order valence-electron chi connectivity index (χ4n) is 3.88. The molecule has 0 bridgehead atoms. The minimum Gasteiger partial charge on any atom is -0.363 e. The molecule has 0 radical (unpaired) electrons. The van der Waals surface area contributed by atoms with Crippen LogP contribution in [0, 0.1) is 5.82 Å². The van der Waals surface area contributed by atoms with Crippen LogP contribution in [-0.4, -0.2) is 53.0 Å². The number of carbonyl (C=O) groups is 1. The number of anilines is 3. The highest BCUT2D eigenvalue weighted by molar-refractivity contribution is 7.92. The molecule has 11 nitrogen and oxygen atoms in total. The highest BCUT2D eigenvalue weighted by Gasteiger charge is 2.21. The van der Waals surface area contributed by atoms with Crippen LogP contribution < -0.4 is 14.9 Å². The lowest BCUT2D eigenvalue weighted by atomic mass is 10.2. The minimum atomic E-state index is -3.98. The third-order valence-electron chi connectivity index (χ3n) is 5.80. The number of rotatable bonds is 7. The first-order chi connectivity index (χ1) is 18.5. The molecule has 3 heterocycles. The van der Waals surface area contributed by atoms with Gasteiger partial charge in [-0.1, -0.05) is 11.6 Å². The number of hydrogen-bond donors (Lipinski definition) is 2. The molecule has 0 unspecified atom stereocenters. The zero-order valence-corrected chi connectivity index (χ0v) is 22.5. The van der Waals surface area contributed by atoms with Crippen LogP contribution in [0.2, 0.25) is 5.02 Å². The molecule has 14 heteroatoms. The van der Waals surface area contributed by atoms with E-state index < -0.39 is 21.7 Å². The van der Waals surface area contributed by atoms with Crippen molar-refractivity contribution in [1.29, 1.82) is 0 Å². The first-order valence-corrected chi connectivity index (χ1v) is 13.3. The first-order valence-electron chi connectivity index (χ1n) is 11.5. The van der Waals surface area contributed by atoms with Crippen molar-refractivity contribution in [2.75, 3.05) is 29.0 Å². The number of fused-ring (bicyclic) bond motifs is 1. The van der Waals surface area contributed by atoms with Gasteiger partial charge >= 0.3 is 0 Å². The van der Waals surface area contributed by atoms with Crippen molar-refractivity contribution in [2.45, 2.75) is 4.90 Å². The number of sulfonamides is 1. The second-order valence-electron chi connectivity index (χ2n) is 8.78. The highest BCUT2D eigenvalue weighted by Crippen LogP contribution is 2.26. The van der Waals surface area contributed by atoms with Crippen LogP contribution in [-0.2, 0) is 17.1 Å². The second-order valence-corrected chi connectivity index (χ2v) is 10.9. The molecule has 2 N–H and O–H groups in total. The molecule has 3 aromatic heterocycles. The third-order valence-corrected chi connectivity index (χ3v) is 7.43. The predicted molar refractivity (Wildman–Crippen MR) is 147 cm³/mol. The number of aryl methyl sites for hydroxylation is 1. The molecule has 0 aliphatic carbocycles. The smallest absolute Gasteiger partial charge is 0.274 e. The molecule has 2 aromatic carbocycles. The Bertz CT molecular complexity index is 1820. The van der Waals surface area contributed by atoms with Gasteiger partial charge in [0.05, 0.1) is 40.5 Å². The van der Waals surface area contributed by atoms with Gasteiger partial charge in [0.2, 0.25) is 0 Å². The molecule has 5 aromatic rings. The summed E-state index contributed by atoms with van der Waals surface area (Å²) in [4.78, 5) is 19.1. The normalized spacial score (nSPS) is 11.5. The van der Waals surface area contributed by atoms with Crippen molar-refractivity contribution < 1.29 is 17.6 Å². The van der Waals surface area contributed by atoms with Crippen LogP contribution >= 0.6 is 11.6 Å². The Hall–Kier alpha value is -4.49. The summed E-state index contributed by atoms with van der Waals surface area (Å²) < 4.78 is 44.9. The van der Waals surface area contributed by atoms with E-state index in [1.165, 1.54) is 46.0 Å². The van der Waals surface area contributed by atoms with Crippen molar-refractivity contribution in [2.24, 2.45) is 7.05 Å². The summed E-state index contributed by atoms with van der Waals surface area (Å²) >= 11 is 5.80. The third kappa shape index (κ3) is 5.26. The Kier molecular flexibility index (Phi) is 6.70. The summed E-state index contributed by atoms with van der Waals surface area (Å²) in [5.74, 6) is -0.332. The number of carbonyl (C=O) groups excluding carboxylic acids is 1. The van der Waals surface area contributed by atoms with Crippen molar-refractivity contribution in [3.05, 3.63) is 83.7 Å². The van der Waals surface area contributed by atoms with Crippen molar-refractivity contribution in [3.63, 3.8) is 0 Å². The van der Waals surface area contributed by atoms with E-state index in [1.807, 2.05) is 19.0 Å². The lowest BCUT2D eigenvalue weighted by molar-refractivity contribution is 0.101. The second kappa shape index (κ2) is 10.0. The molecule has 5 rings (SSSR count). The zero-order chi connectivity index (χ0) is 27.9. The number of benzene rings is 2. The maximum Gasteiger partial charge on any atom is 0.274 e. The quantitative estimate of drug-likeness (QED) is 0.303. The fraction of sp³-hybridized carbons (Fsp3) is 0.120. The van der Waals surface area contributed by atoms with Gasteiger partial charge in [-0.05, 0) is 48.5 Å². The van der Waals surface area contributed by atoms with Gasteiger partial charge in [-0.25, -0.2) is 22.5 Å². The van der Waals surface area contributed by atoms with Gasteiger partial charge < -0.3 is 10.2 Å². The molecule has 0 aliphatic rings. The summed E-state index contributed by atoms with van der Waals surface area (Å²) in [6.07, 6.45) is 4.23. The molecule has 1 amide bonds. The zero-order valence-electron chi connectivity index (χ0n) is 20.9. The van der Waals surface area contributed by atoms with E-state index in [-0.39, 0.29) is 21.3 Å². The van der Waals surface area contributed by atoms with Crippen molar-refractivity contribution in [3.8, 4) is 5.69 Å². The van der Waals surface area contributed by atoms with E-state index >= 15 is 0 Å². The summed E-state index contributed by atoms with van der Waals surface area (Å²) in [5, 5.41) is 11.5. The van der Waals surface area contributed by atoms with E-state index in [4.69, 9.17) is 11.6 Å². The molecule has 200 valence electrons. The largest absolute Gasteiger partial charge is 0.363 e. The van der Waals surface area contributed by atoms with E-state index in [2.05, 4.69) is 25.2 Å². The van der Waals surface area contributed by atoms with Gasteiger partial charge in [0.1, 0.15) is 22.2 Å². The van der Waals surface area contributed by atoms with Gasteiger partial charge in [-0.3, -0.25) is 14.2 Å². The van der Waals surface area contributed by atoms with Gasteiger partial charge in [-0.2, -0.15) is 10.2 Å². The molecule has 0 spiro atoms. The molecule has 0 fully saturated rings. The molecule has 0 atom stereocenters. The summed E-state index contributed by atoms with van der Waals surface area (Å²) in [6.45, 7) is 0. The number of halogens is 2. The topological polar surface area (TPSA) is 127 Å². The predicted octanol–water partition coefficient (Wildman–Crippen LogP) is 4.07.